The van der Waals surface area contributed by atoms with E-state index in [1.54, 1.807) is 36.2 Å². The summed E-state index contributed by atoms with van der Waals surface area (Å²) >= 11 is 0. The van der Waals surface area contributed by atoms with Crippen molar-refractivity contribution in [3.8, 4) is 22.8 Å². The van der Waals surface area contributed by atoms with Crippen molar-refractivity contribution in [1.82, 2.24) is 19.3 Å². The molecule has 4 heterocycles. The van der Waals surface area contributed by atoms with Crippen LogP contribution in [0.25, 0.3) is 11.3 Å². The quantitative estimate of drug-likeness (QED) is 0.164. The Balaban J connectivity index is 1.16. The Bertz CT molecular complexity index is 2460. The molecule has 5 aromatic rings. The monoisotopic (exact) mass is 833 g/mol. The fourth-order valence-electron chi connectivity index (χ4n) is 8.37. The molecule has 0 aliphatic carbocycles. The van der Waals surface area contributed by atoms with E-state index >= 15 is 4.79 Å². The summed E-state index contributed by atoms with van der Waals surface area (Å²) in [6.45, 7) is 6.56. The second kappa shape index (κ2) is 17.1. The lowest BCUT2D eigenvalue weighted by Gasteiger charge is -2.41. The maximum Gasteiger partial charge on any atom is 0.524 e. The second-order valence-electron chi connectivity index (χ2n) is 15.5. The summed E-state index contributed by atoms with van der Waals surface area (Å²) < 4.78 is 29.3. The molecule has 1 aromatic heterocycles. The minimum atomic E-state index is -4.75. The van der Waals surface area contributed by atoms with Crippen LogP contribution in [0.4, 0.5) is 10.5 Å². The number of phosphoric acid groups is 1. The van der Waals surface area contributed by atoms with Gasteiger partial charge in [0.2, 0.25) is 0 Å². The van der Waals surface area contributed by atoms with Crippen molar-refractivity contribution >= 4 is 31.4 Å². The van der Waals surface area contributed by atoms with Gasteiger partial charge in [-0.25, -0.2) is 9.36 Å². The normalized spacial score (nSPS) is 16.8. The van der Waals surface area contributed by atoms with Crippen LogP contribution in [0.1, 0.15) is 48.7 Å². The summed E-state index contributed by atoms with van der Waals surface area (Å²) in [5, 5.41) is 0. The Morgan fingerprint density at radius 2 is 1.52 bits per heavy atom. The fourth-order valence-corrected chi connectivity index (χ4v) is 8.77. The van der Waals surface area contributed by atoms with E-state index in [9.17, 15) is 23.9 Å². The first-order valence-electron chi connectivity index (χ1n) is 20.0. The van der Waals surface area contributed by atoms with E-state index in [0.717, 1.165) is 29.8 Å². The molecule has 0 spiro atoms. The van der Waals surface area contributed by atoms with Crippen LogP contribution in [-0.2, 0) is 42.3 Å². The average Bonchev–Trinajstić information content (AvgIpc) is 3.55. The molecule has 0 unspecified atom stereocenters. The zero-order valence-corrected chi connectivity index (χ0v) is 34.7. The number of carbonyl (C=O) groups is 3. The average molecular weight is 834 g/mol. The molecule has 15 heteroatoms. The third-order valence-electron chi connectivity index (χ3n) is 11.8. The van der Waals surface area contributed by atoms with Crippen LogP contribution in [-0.4, -0.2) is 99.4 Å². The zero-order chi connectivity index (χ0) is 42.1. The number of hydrogen-bond donors (Lipinski definition) is 2. The molecule has 2 N–H and O–H groups in total. The van der Waals surface area contributed by atoms with Gasteiger partial charge in [-0.15, -0.1) is 0 Å². The number of benzene rings is 4. The number of fused-ring (bicyclic) bond motifs is 2. The topological polar surface area (TPSA) is 154 Å². The smallest absolute Gasteiger partial charge is 0.410 e. The highest BCUT2D eigenvalue weighted by molar-refractivity contribution is 7.46. The minimum Gasteiger partial charge on any atom is -0.410 e. The van der Waals surface area contributed by atoms with E-state index in [-0.39, 0.29) is 30.2 Å². The van der Waals surface area contributed by atoms with Gasteiger partial charge in [-0.05, 0) is 96.6 Å². The van der Waals surface area contributed by atoms with Crippen LogP contribution in [0, 0.1) is 6.92 Å². The van der Waals surface area contributed by atoms with Crippen LogP contribution in [0.2, 0.25) is 0 Å². The van der Waals surface area contributed by atoms with Gasteiger partial charge in [0, 0.05) is 87.6 Å². The third kappa shape index (κ3) is 8.74. The molecule has 312 valence electrons. The number of aromatic nitrogens is 1. The number of anilines is 1. The Kier molecular flexibility index (Phi) is 11.7. The molecule has 1 fully saturated rings. The molecule has 0 bridgehead atoms. The van der Waals surface area contributed by atoms with Gasteiger partial charge in [0.25, 0.3) is 11.8 Å². The maximum absolute atomic E-state index is 15.4. The summed E-state index contributed by atoms with van der Waals surface area (Å²) in [6.07, 6.45) is 0.785. The molecule has 0 saturated carbocycles. The highest BCUT2D eigenvalue weighted by Crippen LogP contribution is 2.39. The fraction of sp³-hybridized carbons (Fsp3) is 0.311. The highest BCUT2D eigenvalue weighted by Gasteiger charge is 2.35. The summed E-state index contributed by atoms with van der Waals surface area (Å²) in [4.78, 5) is 68.8. The number of morpholine rings is 1. The van der Waals surface area contributed by atoms with E-state index in [4.69, 9.17) is 9.47 Å². The molecule has 1 saturated heterocycles. The number of carbonyl (C=O) groups excluding carboxylic acids is 3. The number of hydrogen-bond acceptors (Lipinski definition) is 8. The number of amides is 3. The van der Waals surface area contributed by atoms with E-state index in [1.165, 1.54) is 22.6 Å². The van der Waals surface area contributed by atoms with Gasteiger partial charge >= 0.3 is 13.9 Å². The van der Waals surface area contributed by atoms with Gasteiger partial charge in [-0.2, -0.15) is 0 Å². The Morgan fingerprint density at radius 1 is 0.817 bits per heavy atom. The lowest BCUT2D eigenvalue weighted by atomic mass is 9.89. The van der Waals surface area contributed by atoms with Crippen molar-refractivity contribution in [1.29, 1.82) is 0 Å². The van der Waals surface area contributed by atoms with Crippen molar-refractivity contribution in [2.75, 3.05) is 51.3 Å². The lowest BCUT2D eigenvalue weighted by Crippen LogP contribution is -2.52. The molecule has 3 aliphatic heterocycles. The standard InChI is InChI=1S/C45H48N5O9P/c1-30-39(43(51)47(3)35-13-15-38(16-14-35)59-60(54,55)56)26-42(46(30)2)40-24-32-17-18-49(45(53)58-37-11-5-4-6-12-37)27-34(32)25-41(40)44(52)50-28-33-10-8-7-9-31(33)23-36(50)29-48-19-21-57-22-20-48/h4-16,24-26,36H,17-23,27-29H2,1-3H3,(H2,54,55,56)/t36-/m0/s1. The van der Waals surface area contributed by atoms with Gasteiger partial charge in [0.15, 0.2) is 0 Å². The van der Waals surface area contributed by atoms with Crippen LogP contribution < -0.4 is 14.2 Å². The molecular weight excluding hydrogens is 785 g/mol. The number of phosphoric ester groups is 1. The molecule has 1 atom stereocenters. The van der Waals surface area contributed by atoms with Crippen LogP contribution in [0.15, 0.2) is 97.1 Å². The highest BCUT2D eigenvalue weighted by atomic mass is 31.2. The van der Waals surface area contributed by atoms with Gasteiger partial charge in [-0.3, -0.25) is 24.3 Å². The summed E-state index contributed by atoms with van der Waals surface area (Å²) in [5.74, 6) is -0.0193. The van der Waals surface area contributed by atoms with Gasteiger partial charge in [0.1, 0.15) is 11.5 Å². The molecule has 60 heavy (non-hydrogen) atoms. The first-order chi connectivity index (χ1) is 28.8. The predicted octanol–water partition coefficient (Wildman–Crippen LogP) is 6.21. The molecular formula is C45H48N5O9P. The summed E-state index contributed by atoms with van der Waals surface area (Å²) in [5.41, 5.74) is 7.64. The molecule has 8 rings (SSSR count). The Morgan fingerprint density at radius 3 is 2.23 bits per heavy atom. The van der Waals surface area contributed by atoms with Crippen molar-refractivity contribution in [3.05, 3.63) is 136 Å². The van der Waals surface area contributed by atoms with Crippen LogP contribution in [0.5, 0.6) is 11.5 Å². The molecule has 3 amide bonds. The van der Waals surface area contributed by atoms with Crippen molar-refractivity contribution < 1.29 is 42.7 Å². The predicted molar refractivity (Wildman–Crippen MR) is 225 cm³/mol. The Labute approximate surface area is 348 Å². The lowest BCUT2D eigenvalue weighted by molar-refractivity contribution is 0.0193. The van der Waals surface area contributed by atoms with Gasteiger partial charge in [0.05, 0.1) is 18.8 Å². The number of rotatable bonds is 9. The Hall–Kier alpha value is -5.76. The number of ether oxygens (including phenoxy) is 2. The van der Waals surface area contributed by atoms with E-state index in [0.29, 0.717) is 85.2 Å². The van der Waals surface area contributed by atoms with Crippen LogP contribution >= 0.6 is 7.82 Å². The second-order valence-corrected chi connectivity index (χ2v) is 16.7. The van der Waals surface area contributed by atoms with Crippen molar-refractivity contribution in [3.63, 3.8) is 0 Å². The van der Waals surface area contributed by atoms with E-state index < -0.39 is 13.9 Å². The van der Waals surface area contributed by atoms with Crippen LogP contribution in [0.3, 0.4) is 0 Å². The zero-order valence-electron chi connectivity index (χ0n) is 33.8. The number of nitrogens with zero attached hydrogens (tertiary/aromatic N) is 5. The SMILES string of the molecule is Cc1c(C(=O)N(C)c2ccc(OP(=O)(O)O)cc2)cc(-c2cc3c(cc2C(=O)N2Cc4ccccc4C[C@H]2CN2CCOCC2)CN(C(=O)Oc2ccccc2)CC3)n1C. The van der Waals surface area contributed by atoms with Crippen molar-refractivity contribution in [2.24, 2.45) is 7.05 Å². The minimum absolute atomic E-state index is 0.0312. The summed E-state index contributed by atoms with van der Waals surface area (Å²) in [6, 6.07) is 28.8. The molecule has 4 aromatic carbocycles. The van der Waals surface area contributed by atoms with E-state index in [1.807, 2.05) is 72.0 Å². The first kappa shape index (κ1) is 41.0. The largest absolute Gasteiger partial charge is 0.524 e. The van der Waals surface area contributed by atoms with Gasteiger partial charge < -0.3 is 33.3 Å². The van der Waals surface area contributed by atoms with E-state index in [2.05, 4.69) is 21.6 Å². The third-order valence-corrected chi connectivity index (χ3v) is 12.2. The number of para-hydroxylation sites is 1. The maximum atomic E-state index is 15.4. The summed E-state index contributed by atoms with van der Waals surface area (Å²) in [7, 11) is -1.25. The molecule has 14 nitrogen and oxygen atoms in total. The first-order valence-corrected chi connectivity index (χ1v) is 21.5. The van der Waals surface area contributed by atoms with Gasteiger partial charge in [-0.1, -0.05) is 42.5 Å². The molecule has 3 aliphatic rings. The van der Waals surface area contributed by atoms with Crippen molar-refractivity contribution in [2.45, 2.75) is 38.9 Å². The molecule has 0 radical (unpaired) electrons.